The van der Waals surface area contributed by atoms with Crippen molar-refractivity contribution in [2.24, 2.45) is 5.41 Å². The Bertz CT molecular complexity index is 427. The second-order valence-corrected chi connectivity index (χ2v) is 6.03. The molecule has 0 spiro atoms. The Hall–Kier alpha value is -1.09. The van der Waals surface area contributed by atoms with Gasteiger partial charge in [0.05, 0.1) is 7.11 Å². The lowest BCUT2D eigenvalue weighted by atomic mass is 9.77. The summed E-state index contributed by atoms with van der Waals surface area (Å²) in [6.45, 7) is 1.08. The van der Waals surface area contributed by atoms with E-state index in [9.17, 15) is 4.39 Å². The van der Waals surface area contributed by atoms with Gasteiger partial charge < -0.3 is 10.1 Å². The Morgan fingerprint density at radius 2 is 2.00 bits per heavy atom. The Balaban J connectivity index is 1.97. The van der Waals surface area contributed by atoms with E-state index in [1.165, 1.54) is 45.6 Å². The molecule has 1 fully saturated rings. The van der Waals surface area contributed by atoms with Crippen LogP contribution in [0.3, 0.4) is 0 Å². The van der Waals surface area contributed by atoms with Crippen LogP contribution in [0.5, 0.6) is 5.75 Å². The van der Waals surface area contributed by atoms with Crippen molar-refractivity contribution in [2.45, 2.75) is 44.9 Å². The maximum atomic E-state index is 13.7. The lowest BCUT2D eigenvalue weighted by molar-refractivity contribution is 0.247. The SMILES string of the molecule is CNCCC1(CCc2ccc(OC)c(F)c2)CCCC1. The van der Waals surface area contributed by atoms with Crippen LogP contribution in [0.2, 0.25) is 0 Å². The molecule has 1 saturated carbocycles. The highest BCUT2D eigenvalue weighted by molar-refractivity contribution is 5.29. The first-order valence-electron chi connectivity index (χ1n) is 7.66. The van der Waals surface area contributed by atoms with Crippen molar-refractivity contribution in [1.29, 1.82) is 0 Å². The van der Waals surface area contributed by atoms with Gasteiger partial charge in [0.15, 0.2) is 11.6 Å². The summed E-state index contributed by atoms with van der Waals surface area (Å²) in [5.74, 6) is 0.0835. The Kier molecular flexibility index (Phi) is 5.41. The van der Waals surface area contributed by atoms with E-state index >= 15 is 0 Å². The molecule has 0 aromatic heterocycles. The normalized spacial score (nSPS) is 17.4. The summed E-state index contributed by atoms with van der Waals surface area (Å²) < 4.78 is 18.7. The highest BCUT2D eigenvalue weighted by Gasteiger charge is 2.32. The Morgan fingerprint density at radius 1 is 1.25 bits per heavy atom. The maximum Gasteiger partial charge on any atom is 0.165 e. The summed E-state index contributed by atoms with van der Waals surface area (Å²) in [5.41, 5.74) is 1.55. The van der Waals surface area contributed by atoms with Gasteiger partial charge in [-0.3, -0.25) is 0 Å². The molecule has 0 amide bonds. The first kappa shape index (κ1) is 15.3. The van der Waals surface area contributed by atoms with E-state index in [2.05, 4.69) is 5.32 Å². The number of hydrogen-bond acceptors (Lipinski definition) is 2. The van der Waals surface area contributed by atoms with E-state index in [1.54, 1.807) is 12.1 Å². The molecule has 0 bridgehead atoms. The number of halogens is 1. The summed E-state index contributed by atoms with van der Waals surface area (Å²) in [6.07, 6.45) is 8.72. The molecule has 1 aromatic carbocycles. The van der Waals surface area contributed by atoms with Crippen LogP contribution in [-0.2, 0) is 6.42 Å². The smallest absolute Gasteiger partial charge is 0.165 e. The van der Waals surface area contributed by atoms with Crippen molar-refractivity contribution in [3.05, 3.63) is 29.6 Å². The Labute approximate surface area is 121 Å². The topological polar surface area (TPSA) is 21.3 Å². The molecule has 0 radical (unpaired) electrons. The molecular formula is C17H26FNO. The monoisotopic (exact) mass is 279 g/mol. The van der Waals surface area contributed by atoms with Gasteiger partial charge in [0.25, 0.3) is 0 Å². The second-order valence-electron chi connectivity index (χ2n) is 6.03. The van der Waals surface area contributed by atoms with Crippen LogP contribution in [0.25, 0.3) is 0 Å². The average molecular weight is 279 g/mol. The molecule has 0 heterocycles. The van der Waals surface area contributed by atoms with Gasteiger partial charge in [-0.25, -0.2) is 4.39 Å². The van der Waals surface area contributed by atoms with Crippen molar-refractivity contribution in [3.63, 3.8) is 0 Å². The number of rotatable bonds is 7. The molecule has 20 heavy (non-hydrogen) atoms. The number of benzene rings is 1. The average Bonchev–Trinajstić information content (AvgIpc) is 2.92. The second kappa shape index (κ2) is 7.07. The summed E-state index contributed by atoms with van der Waals surface area (Å²) in [5, 5.41) is 3.27. The molecule has 3 heteroatoms. The summed E-state index contributed by atoms with van der Waals surface area (Å²) in [6, 6.07) is 5.35. The van der Waals surface area contributed by atoms with Gasteiger partial charge in [-0.15, -0.1) is 0 Å². The predicted molar refractivity (Wildman–Crippen MR) is 80.7 cm³/mol. The largest absolute Gasteiger partial charge is 0.494 e. The zero-order chi connectivity index (χ0) is 14.4. The van der Waals surface area contributed by atoms with E-state index in [0.717, 1.165) is 18.5 Å². The van der Waals surface area contributed by atoms with Crippen LogP contribution in [0, 0.1) is 11.2 Å². The van der Waals surface area contributed by atoms with Gasteiger partial charge in [-0.2, -0.15) is 0 Å². The van der Waals surface area contributed by atoms with Crippen molar-refractivity contribution >= 4 is 0 Å². The summed E-state index contributed by atoms with van der Waals surface area (Å²) in [4.78, 5) is 0. The highest BCUT2D eigenvalue weighted by Crippen LogP contribution is 2.44. The lowest BCUT2D eigenvalue weighted by Gasteiger charge is -2.29. The first-order valence-corrected chi connectivity index (χ1v) is 7.66. The predicted octanol–water partition coefficient (Wildman–Crippen LogP) is 3.94. The highest BCUT2D eigenvalue weighted by atomic mass is 19.1. The minimum Gasteiger partial charge on any atom is -0.494 e. The molecule has 1 aromatic rings. The van der Waals surface area contributed by atoms with Crippen molar-refractivity contribution in [3.8, 4) is 5.75 Å². The summed E-state index contributed by atoms with van der Waals surface area (Å²) >= 11 is 0. The molecule has 1 aliphatic carbocycles. The van der Waals surface area contributed by atoms with E-state index in [1.807, 2.05) is 13.1 Å². The van der Waals surface area contributed by atoms with Gasteiger partial charge in [-0.1, -0.05) is 18.9 Å². The van der Waals surface area contributed by atoms with Gasteiger partial charge in [0, 0.05) is 0 Å². The summed E-state index contributed by atoms with van der Waals surface area (Å²) in [7, 11) is 3.52. The van der Waals surface area contributed by atoms with Gasteiger partial charge >= 0.3 is 0 Å². The van der Waals surface area contributed by atoms with Crippen molar-refractivity contribution in [1.82, 2.24) is 5.32 Å². The molecule has 1 N–H and O–H groups in total. The number of aryl methyl sites for hydroxylation is 1. The zero-order valence-electron chi connectivity index (χ0n) is 12.7. The number of nitrogens with one attached hydrogen (secondary N) is 1. The zero-order valence-corrected chi connectivity index (χ0v) is 12.7. The molecule has 2 nitrogen and oxygen atoms in total. The fourth-order valence-electron chi connectivity index (χ4n) is 3.42. The van der Waals surface area contributed by atoms with Gasteiger partial charge in [0.2, 0.25) is 0 Å². The third-order valence-corrected chi connectivity index (χ3v) is 4.73. The van der Waals surface area contributed by atoms with Crippen LogP contribution in [-0.4, -0.2) is 20.7 Å². The standard InChI is InChI=1S/C17H26FNO/c1-19-12-11-17(8-3-4-9-17)10-7-14-5-6-16(20-2)15(18)13-14/h5-6,13,19H,3-4,7-12H2,1-2H3. The Morgan fingerprint density at radius 3 is 2.60 bits per heavy atom. The molecule has 112 valence electrons. The molecule has 0 saturated heterocycles. The third kappa shape index (κ3) is 3.72. The molecule has 0 unspecified atom stereocenters. The molecular weight excluding hydrogens is 253 g/mol. The molecule has 0 atom stereocenters. The van der Waals surface area contributed by atoms with E-state index in [-0.39, 0.29) is 5.82 Å². The molecule has 0 aliphatic heterocycles. The minimum atomic E-state index is -0.249. The third-order valence-electron chi connectivity index (χ3n) is 4.73. The number of hydrogen-bond donors (Lipinski definition) is 1. The van der Waals surface area contributed by atoms with Crippen LogP contribution in [0.15, 0.2) is 18.2 Å². The van der Waals surface area contributed by atoms with E-state index < -0.39 is 0 Å². The minimum absolute atomic E-state index is 0.249. The quantitative estimate of drug-likeness (QED) is 0.816. The van der Waals surface area contributed by atoms with E-state index in [4.69, 9.17) is 4.74 Å². The molecule has 2 rings (SSSR count). The van der Waals surface area contributed by atoms with E-state index in [0.29, 0.717) is 11.2 Å². The van der Waals surface area contributed by atoms with Crippen LogP contribution in [0.1, 0.15) is 44.1 Å². The lowest BCUT2D eigenvalue weighted by Crippen LogP contribution is -2.23. The van der Waals surface area contributed by atoms with Crippen LogP contribution >= 0.6 is 0 Å². The van der Waals surface area contributed by atoms with Crippen LogP contribution < -0.4 is 10.1 Å². The molecule has 1 aliphatic rings. The fraction of sp³-hybridized carbons (Fsp3) is 0.647. The first-order chi connectivity index (χ1) is 9.69. The van der Waals surface area contributed by atoms with Gasteiger partial charge in [-0.05, 0) is 68.8 Å². The maximum absolute atomic E-state index is 13.7. The van der Waals surface area contributed by atoms with Crippen molar-refractivity contribution < 1.29 is 9.13 Å². The fourth-order valence-corrected chi connectivity index (χ4v) is 3.42. The number of methoxy groups -OCH3 is 1. The van der Waals surface area contributed by atoms with Crippen LogP contribution in [0.4, 0.5) is 4.39 Å². The van der Waals surface area contributed by atoms with Crippen molar-refractivity contribution in [2.75, 3.05) is 20.7 Å². The van der Waals surface area contributed by atoms with Gasteiger partial charge in [0.1, 0.15) is 0 Å². The number of ether oxygens (including phenoxy) is 1.